The van der Waals surface area contributed by atoms with E-state index in [9.17, 15) is 0 Å². The minimum atomic E-state index is -1.51. The fourth-order valence-electron chi connectivity index (χ4n) is 0.584. The normalized spacial score (nSPS) is 17.3. The Kier molecular flexibility index (Phi) is 3.72. The molecule has 0 saturated heterocycles. The molecule has 0 aliphatic heterocycles. The highest BCUT2D eigenvalue weighted by Gasteiger charge is 2.22. The molecular weight excluding hydrogens is 122 g/mol. The summed E-state index contributed by atoms with van der Waals surface area (Å²) in [5.41, 5.74) is 0.129. The van der Waals surface area contributed by atoms with E-state index in [-0.39, 0.29) is 0 Å². The molecule has 0 radical (unpaired) electrons. The summed E-state index contributed by atoms with van der Waals surface area (Å²) >= 11 is 0. The van der Waals surface area contributed by atoms with Crippen molar-refractivity contribution in [3.05, 3.63) is 0 Å². The highest BCUT2D eigenvalue weighted by atomic mass is 16.5. The lowest BCUT2D eigenvalue weighted by Gasteiger charge is -2.22. The van der Waals surface area contributed by atoms with E-state index < -0.39 is 12.3 Å². The SMILES string of the molecule is CCCC(O)(CO)NO. The van der Waals surface area contributed by atoms with Crippen LogP contribution >= 0.6 is 0 Å². The number of rotatable bonds is 4. The van der Waals surface area contributed by atoms with Gasteiger partial charge in [-0.3, -0.25) is 0 Å². The first-order valence-electron chi connectivity index (χ1n) is 2.93. The molecule has 1 unspecified atom stereocenters. The molecule has 0 heterocycles. The Labute approximate surface area is 54.1 Å². The molecule has 9 heavy (non-hydrogen) atoms. The van der Waals surface area contributed by atoms with Crippen molar-refractivity contribution in [3.63, 3.8) is 0 Å². The Hall–Kier alpha value is -0.160. The summed E-state index contributed by atoms with van der Waals surface area (Å²) in [6.07, 6.45) is 1.03. The average Bonchev–Trinajstić information content (AvgIpc) is 1.89. The highest BCUT2D eigenvalue weighted by molar-refractivity contribution is 4.68. The zero-order valence-corrected chi connectivity index (χ0v) is 5.46. The van der Waals surface area contributed by atoms with E-state index >= 15 is 0 Å². The smallest absolute Gasteiger partial charge is 0.160 e. The van der Waals surface area contributed by atoms with Gasteiger partial charge in [0.05, 0.1) is 6.61 Å². The van der Waals surface area contributed by atoms with Crippen LogP contribution in [0.3, 0.4) is 0 Å². The van der Waals surface area contributed by atoms with Crippen LogP contribution in [0.25, 0.3) is 0 Å². The van der Waals surface area contributed by atoms with Gasteiger partial charge in [-0.25, -0.2) is 0 Å². The lowest BCUT2D eigenvalue weighted by molar-refractivity contribution is -0.126. The number of nitrogens with one attached hydrogen (secondary N) is 1. The molecule has 0 aliphatic carbocycles. The predicted octanol–water partition coefficient (Wildman–Crippen LogP) is -0.554. The van der Waals surface area contributed by atoms with Crippen molar-refractivity contribution in [1.29, 1.82) is 0 Å². The molecule has 0 amide bonds. The number of aliphatic hydroxyl groups is 2. The van der Waals surface area contributed by atoms with E-state index in [2.05, 4.69) is 0 Å². The minimum absolute atomic E-state index is 0.333. The number of aliphatic hydroxyl groups excluding tert-OH is 1. The van der Waals surface area contributed by atoms with Crippen LogP contribution in [-0.2, 0) is 0 Å². The molecule has 4 heteroatoms. The van der Waals surface area contributed by atoms with Gasteiger partial charge < -0.3 is 15.4 Å². The second kappa shape index (κ2) is 3.79. The first kappa shape index (κ1) is 8.84. The third-order valence-electron chi connectivity index (χ3n) is 1.13. The molecule has 0 rings (SSSR count). The summed E-state index contributed by atoms with van der Waals surface area (Å²) in [5.74, 6) is 0. The molecule has 0 aromatic carbocycles. The number of hydrogen-bond donors (Lipinski definition) is 4. The highest BCUT2D eigenvalue weighted by Crippen LogP contribution is 2.05. The molecule has 0 fully saturated rings. The van der Waals surface area contributed by atoms with Crippen LogP contribution in [0.5, 0.6) is 0 Å². The van der Waals surface area contributed by atoms with Gasteiger partial charge in [0.1, 0.15) is 0 Å². The molecule has 0 aromatic heterocycles. The molecule has 1 atom stereocenters. The largest absolute Gasteiger partial charge is 0.392 e. The second-order valence-corrected chi connectivity index (χ2v) is 2.05. The minimum Gasteiger partial charge on any atom is -0.392 e. The summed E-state index contributed by atoms with van der Waals surface area (Å²) in [6, 6.07) is 0. The van der Waals surface area contributed by atoms with Gasteiger partial charge in [-0.05, 0) is 6.42 Å². The fourth-order valence-corrected chi connectivity index (χ4v) is 0.584. The van der Waals surface area contributed by atoms with Crippen molar-refractivity contribution in [1.82, 2.24) is 5.48 Å². The lowest BCUT2D eigenvalue weighted by atomic mass is 10.1. The molecule has 0 aliphatic rings. The Morgan fingerprint density at radius 3 is 2.22 bits per heavy atom. The van der Waals surface area contributed by atoms with Crippen molar-refractivity contribution in [3.8, 4) is 0 Å². The van der Waals surface area contributed by atoms with E-state index in [1.54, 1.807) is 5.48 Å². The predicted molar refractivity (Wildman–Crippen MR) is 31.9 cm³/mol. The van der Waals surface area contributed by atoms with E-state index in [0.29, 0.717) is 12.8 Å². The summed E-state index contributed by atoms with van der Waals surface area (Å²) in [6.45, 7) is 1.37. The molecule has 4 N–H and O–H groups in total. The van der Waals surface area contributed by atoms with Crippen LogP contribution in [0.15, 0.2) is 0 Å². The molecule has 0 saturated carbocycles. The van der Waals surface area contributed by atoms with E-state index in [1.807, 2.05) is 6.92 Å². The molecule has 0 spiro atoms. The van der Waals surface area contributed by atoms with Crippen LogP contribution < -0.4 is 5.48 Å². The standard InChI is InChI=1S/C5H13NO3/c1-2-3-5(8,4-7)6-9/h6-9H,2-4H2,1H3. The van der Waals surface area contributed by atoms with Crippen LogP contribution in [0, 0.1) is 0 Å². The van der Waals surface area contributed by atoms with Gasteiger partial charge >= 0.3 is 0 Å². The summed E-state index contributed by atoms with van der Waals surface area (Å²) < 4.78 is 0. The van der Waals surface area contributed by atoms with Crippen molar-refractivity contribution in [2.75, 3.05) is 6.61 Å². The summed E-state index contributed by atoms with van der Waals surface area (Å²) in [7, 11) is 0. The van der Waals surface area contributed by atoms with Crippen LogP contribution in [0.2, 0.25) is 0 Å². The maximum absolute atomic E-state index is 9.02. The second-order valence-electron chi connectivity index (χ2n) is 2.05. The van der Waals surface area contributed by atoms with Gasteiger partial charge in [-0.1, -0.05) is 13.3 Å². The van der Waals surface area contributed by atoms with Crippen molar-refractivity contribution < 1.29 is 15.4 Å². The molecular formula is C5H13NO3. The lowest BCUT2D eigenvalue weighted by Crippen LogP contribution is -2.46. The first-order chi connectivity index (χ1) is 4.18. The number of hydrogen-bond acceptors (Lipinski definition) is 4. The molecule has 0 aromatic rings. The first-order valence-corrected chi connectivity index (χ1v) is 2.93. The Morgan fingerprint density at radius 2 is 2.11 bits per heavy atom. The maximum atomic E-state index is 9.02. The third-order valence-corrected chi connectivity index (χ3v) is 1.13. The van der Waals surface area contributed by atoms with E-state index in [0.717, 1.165) is 0 Å². The van der Waals surface area contributed by atoms with Gasteiger partial charge in [0.2, 0.25) is 0 Å². The van der Waals surface area contributed by atoms with Crippen molar-refractivity contribution in [2.45, 2.75) is 25.5 Å². The Balaban J connectivity index is 3.62. The van der Waals surface area contributed by atoms with Gasteiger partial charge in [0.25, 0.3) is 0 Å². The van der Waals surface area contributed by atoms with Gasteiger partial charge in [0, 0.05) is 0 Å². The number of hydroxylamine groups is 1. The monoisotopic (exact) mass is 135 g/mol. The van der Waals surface area contributed by atoms with Gasteiger partial charge in [-0.15, -0.1) is 0 Å². The Morgan fingerprint density at radius 1 is 1.56 bits per heavy atom. The summed E-state index contributed by atoms with van der Waals surface area (Å²) in [5, 5.41) is 25.7. The van der Waals surface area contributed by atoms with E-state index in [1.165, 1.54) is 0 Å². The average molecular weight is 135 g/mol. The van der Waals surface area contributed by atoms with Crippen molar-refractivity contribution in [2.24, 2.45) is 0 Å². The quantitative estimate of drug-likeness (QED) is 0.308. The van der Waals surface area contributed by atoms with Crippen molar-refractivity contribution >= 4 is 0 Å². The van der Waals surface area contributed by atoms with E-state index in [4.69, 9.17) is 15.4 Å². The third kappa shape index (κ3) is 2.76. The maximum Gasteiger partial charge on any atom is 0.160 e. The van der Waals surface area contributed by atoms with Gasteiger partial charge in [0.15, 0.2) is 5.72 Å². The Bertz CT molecular complexity index is 72.6. The zero-order chi connectivity index (χ0) is 7.33. The molecule has 0 bridgehead atoms. The van der Waals surface area contributed by atoms with Crippen LogP contribution in [0.1, 0.15) is 19.8 Å². The fraction of sp³-hybridized carbons (Fsp3) is 1.00. The molecule has 56 valence electrons. The molecule has 4 nitrogen and oxygen atoms in total. The zero-order valence-electron chi connectivity index (χ0n) is 5.46. The van der Waals surface area contributed by atoms with Crippen LogP contribution in [0.4, 0.5) is 0 Å². The van der Waals surface area contributed by atoms with Gasteiger partial charge in [-0.2, -0.15) is 5.48 Å². The topological polar surface area (TPSA) is 72.7 Å². The summed E-state index contributed by atoms with van der Waals surface area (Å²) in [4.78, 5) is 0. The van der Waals surface area contributed by atoms with Crippen LogP contribution in [-0.4, -0.2) is 27.8 Å².